The van der Waals surface area contributed by atoms with Crippen molar-refractivity contribution in [3.8, 4) is 16.6 Å². The van der Waals surface area contributed by atoms with Gasteiger partial charge in [-0.25, -0.2) is 14.6 Å². The van der Waals surface area contributed by atoms with Crippen LogP contribution in [0.15, 0.2) is 36.2 Å². The summed E-state index contributed by atoms with van der Waals surface area (Å²) in [4.78, 5) is 52.3. The molecule has 0 spiro atoms. The van der Waals surface area contributed by atoms with Crippen LogP contribution in [0.5, 0.6) is 6.01 Å². The molecule has 2 aromatic heterocycles. The molecule has 1 aliphatic heterocycles. The third-order valence-corrected chi connectivity index (χ3v) is 11.1. The molecule has 3 fully saturated rings. The van der Waals surface area contributed by atoms with Crippen molar-refractivity contribution in [3.05, 3.63) is 41.9 Å². The number of hydrogen-bond acceptors (Lipinski definition) is 9. The number of para-hydroxylation sites is 1. The van der Waals surface area contributed by atoms with Crippen LogP contribution in [-0.2, 0) is 19.1 Å². The Bertz CT molecular complexity index is 1750. The zero-order valence-corrected chi connectivity index (χ0v) is 31.2. The summed E-state index contributed by atoms with van der Waals surface area (Å²) in [5.41, 5.74) is 1.85. The first-order valence-electron chi connectivity index (χ1n) is 18.0. The number of nitrogens with zero attached hydrogens (tertiary/aromatic N) is 4. The highest BCUT2D eigenvalue weighted by atomic mass is 32.1. The third-order valence-electron chi connectivity index (χ3n) is 10.2. The normalized spacial score (nSPS) is 25.5. The first-order valence-corrected chi connectivity index (χ1v) is 18.9. The van der Waals surface area contributed by atoms with Crippen molar-refractivity contribution >= 4 is 40.3 Å². The van der Waals surface area contributed by atoms with Gasteiger partial charge in [-0.15, -0.1) is 17.9 Å². The molecule has 3 aromatic rings. The van der Waals surface area contributed by atoms with Gasteiger partial charge >= 0.3 is 12.1 Å². The van der Waals surface area contributed by atoms with E-state index in [-0.39, 0.29) is 25.1 Å². The molecule has 1 N–H and O–H groups in total. The quantitative estimate of drug-likeness (QED) is 0.171. The predicted molar refractivity (Wildman–Crippen MR) is 193 cm³/mol. The van der Waals surface area contributed by atoms with Crippen LogP contribution in [-0.4, -0.2) is 73.8 Å². The number of amides is 2. The zero-order chi connectivity index (χ0) is 36.0. The van der Waals surface area contributed by atoms with E-state index >= 15 is 0 Å². The van der Waals surface area contributed by atoms with E-state index in [1.165, 1.54) is 42.7 Å². The van der Waals surface area contributed by atoms with Gasteiger partial charge in [-0.2, -0.15) is 4.98 Å². The van der Waals surface area contributed by atoms with Gasteiger partial charge in [0.25, 0.3) is 6.01 Å². The largest absolute Gasteiger partial charge is 0.464 e. The van der Waals surface area contributed by atoms with Gasteiger partial charge in [0, 0.05) is 34.7 Å². The third kappa shape index (κ3) is 6.87. The number of rotatable bonds is 10. The number of fused-ring (bicyclic) bond motifs is 1. The minimum Gasteiger partial charge on any atom is -0.464 e. The molecule has 50 heavy (non-hydrogen) atoms. The number of benzene rings is 1. The van der Waals surface area contributed by atoms with Crippen molar-refractivity contribution in [2.24, 2.45) is 11.8 Å². The lowest BCUT2D eigenvalue weighted by Gasteiger charge is -2.30. The number of nitrogens with one attached hydrogen (secondary N) is 1. The number of hydrogen-bond donors (Lipinski definition) is 1. The summed E-state index contributed by atoms with van der Waals surface area (Å²) in [5.74, 6) is -1.20. The molecule has 12 heteroatoms. The molecule has 3 heterocycles. The molecule has 2 amide bonds. The number of esters is 1. The Hall–Kier alpha value is -3.93. The Kier molecular flexibility index (Phi) is 10.0. The molecule has 2 saturated carbocycles. The maximum Gasteiger partial charge on any atom is 0.411 e. The van der Waals surface area contributed by atoms with E-state index in [0.717, 1.165) is 21.6 Å². The lowest BCUT2D eigenvalue weighted by Crippen LogP contribution is -2.55. The van der Waals surface area contributed by atoms with Gasteiger partial charge in [0.15, 0.2) is 0 Å². The van der Waals surface area contributed by atoms with Crippen molar-refractivity contribution < 1.29 is 28.6 Å². The average Bonchev–Trinajstić information content (AvgIpc) is 3.35. The summed E-state index contributed by atoms with van der Waals surface area (Å²) < 4.78 is 19.9. The number of carbonyl (C=O) groups is 3. The van der Waals surface area contributed by atoms with Crippen LogP contribution in [0.3, 0.4) is 0 Å². The highest BCUT2D eigenvalue weighted by Gasteiger charge is 2.62. The van der Waals surface area contributed by atoms with E-state index in [9.17, 15) is 14.4 Å². The van der Waals surface area contributed by atoms with Crippen molar-refractivity contribution in [2.45, 2.75) is 122 Å². The fourth-order valence-corrected chi connectivity index (χ4v) is 8.46. The lowest BCUT2D eigenvalue weighted by atomic mass is 9.87. The van der Waals surface area contributed by atoms with E-state index < -0.39 is 47.2 Å². The second kappa shape index (κ2) is 14.0. The van der Waals surface area contributed by atoms with Crippen molar-refractivity contribution in [3.63, 3.8) is 0 Å². The van der Waals surface area contributed by atoms with Gasteiger partial charge in [-0.1, -0.05) is 38.3 Å². The Balaban J connectivity index is 1.31. The predicted octanol–water partition coefficient (Wildman–Crippen LogP) is 7.42. The molecule has 270 valence electrons. The van der Waals surface area contributed by atoms with Gasteiger partial charge in [0.2, 0.25) is 5.91 Å². The lowest BCUT2D eigenvalue weighted by molar-refractivity contribution is -0.149. The average molecular weight is 706 g/mol. The summed E-state index contributed by atoms with van der Waals surface area (Å²) in [6.45, 7) is 17.2. The summed E-state index contributed by atoms with van der Waals surface area (Å²) in [6.07, 6.45) is 6.98. The van der Waals surface area contributed by atoms with Crippen molar-refractivity contribution in [1.29, 1.82) is 0 Å². The van der Waals surface area contributed by atoms with E-state index in [0.29, 0.717) is 18.3 Å². The Morgan fingerprint density at radius 2 is 1.90 bits per heavy atom. The minimum atomic E-state index is -1.21. The fraction of sp³-hybridized carbons (Fsp3) is 0.605. The molecule has 1 saturated heterocycles. The first kappa shape index (κ1) is 35.9. The highest BCUT2D eigenvalue weighted by Crippen LogP contribution is 2.46. The monoisotopic (exact) mass is 705 g/mol. The van der Waals surface area contributed by atoms with E-state index in [1.807, 2.05) is 19.1 Å². The second-order valence-corrected chi connectivity index (χ2v) is 16.1. The molecule has 0 radical (unpaired) electrons. The van der Waals surface area contributed by atoms with Crippen LogP contribution in [0.1, 0.15) is 105 Å². The number of ether oxygens (including phenoxy) is 3. The smallest absolute Gasteiger partial charge is 0.411 e. The van der Waals surface area contributed by atoms with Crippen LogP contribution in [0.25, 0.3) is 21.6 Å². The Morgan fingerprint density at radius 3 is 2.54 bits per heavy atom. The van der Waals surface area contributed by atoms with Crippen molar-refractivity contribution in [1.82, 2.24) is 24.8 Å². The Labute approximate surface area is 298 Å². The molecule has 2 aliphatic carbocycles. The standard InChI is InChI=1S/C38H51N5O6S/c1-9-25-19-38(25,34(45)47-10-2)41-32(44)31-23(5)29(20-42(31)36(46)49-37(6,7)8)48-35-40-30-26(17-14-18-28(30)43(35)22(3)4)33-39-27(21-50-33)24-15-12-11-13-16-24/h9,14,17-18,21-25,29,31H,1,10-13,15-16,19-20H2,2-8H3,(H,41,44)/t23-,25-,29+,31+,38-/m1/s1. The second-order valence-electron chi connectivity index (χ2n) is 15.3. The van der Waals surface area contributed by atoms with E-state index in [2.05, 4.69) is 41.8 Å². The molecule has 3 aliphatic rings. The van der Waals surface area contributed by atoms with Crippen LogP contribution in [0.2, 0.25) is 0 Å². The van der Waals surface area contributed by atoms with Gasteiger partial charge in [0.1, 0.15) is 33.8 Å². The summed E-state index contributed by atoms with van der Waals surface area (Å²) in [5, 5.41) is 6.08. The molecule has 1 aromatic carbocycles. The molecular weight excluding hydrogens is 655 g/mol. The molecule has 0 bridgehead atoms. The number of carbonyl (C=O) groups excluding carboxylic acids is 3. The molecule has 6 rings (SSSR count). The van der Waals surface area contributed by atoms with Crippen LogP contribution >= 0.6 is 11.3 Å². The van der Waals surface area contributed by atoms with Crippen molar-refractivity contribution in [2.75, 3.05) is 13.2 Å². The minimum absolute atomic E-state index is 0.00671. The maximum absolute atomic E-state index is 14.1. The number of likely N-dealkylation sites (tertiary alicyclic amines) is 1. The van der Waals surface area contributed by atoms with Crippen LogP contribution in [0.4, 0.5) is 4.79 Å². The maximum atomic E-state index is 14.1. The highest BCUT2D eigenvalue weighted by molar-refractivity contribution is 7.13. The molecule has 5 atom stereocenters. The van der Waals surface area contributed by atoms with E-state index in [4.69, 9.17) is 24.2 Å². The fourth-order valence-electron chi connectivity index (χ4n) is 7.53. The summed E-state index contributed by atoms with van der Waals surface area (Å²) in [7, 11) is 0. The van der Waals surface area contributed by atoms with E-state index in [1.54, 1.807) is 45.1 Å². The zero-order valence-electron chi connectivity index (χ0n) is 30.4. The van der Waals surface area contributed by atoms with Crippen LogP contribution < -0.4 is 10.1 Å². The molecule has 0 unspecified atom stereocenters. The Morgan fingerprint density at radius 1 is 1.16 bits per heavy atom. The van der Waals surface area contributed by atoms with Gasteiger partial charge in [-0.3, -0.25) is 14.3 Å². The number of thiazole rings is 1. The van der Waals surface area contributed by atoms with Gasteiger partial charge < -0.3 is 19.5 Å². The topological polar surface area (TPSA) is 125 Å². The van der Waals surface area contributed by atoms with Gasteiger partial charge in [0.05, 0.1) is 24.4 Å². The van der Waals surface area contributed by atoms with Gasteiger partial charge in [-0.05, 0) is 72.9 Å². The molecule has 11 nitrogen and oxygen atoms in total. The summed E-state index contributed by atoms with van der Waals surface area (Å²) in [6, 6.07) is 5.58. The van der Waals surface area contributed by atoms with Crippen LogP contribution in [0, 0.1) is 11.8 Å². The number of imidazole rings is 1. The summed E-state index contributed by atoms with van der Waals surface area (Å²) >= 11 is 1.65. The first-order chi connectivity index (χ1) is 23.8. The number of aromatic nitrogens is 3. The molecular formula is C38H51N5O6S. The SMILES string of the molecule is C=C[C@@H]1C[C@]1(NC(=O)[C@@H]1[C@H](C)[C@@H](Oc2nc3c(-c4nc(C5CCCCC5)cs4)cccc3n2C(C)C)CN1C(=O)OC(C)(C)C)C(=O)OCC.